The molecule has 0 unspecified atom stereocenters. The quantitative estimate of drug-likeness (QED) is 0.871. The van der Waals surface area contributed by atoms with Crippen LogP contribution in [0.1, 0.15) is 5.56 Å². The number of nitrogens with two attached hydrogens (primary N) is 1. The lowest BCUT2D eigenvalue weighted by atomic mass is 10.2. The molecule has 7 heteroatoms. The van der Waals surface area contributed by atoms with Crippen LogP contribution in [-0.2, 0) is 15.6 Å². The largest absolute Gasteiger partial charge is 0.398 e. The predicted molar refractivity (Wildman–Crippen MR) is 78.2 cm³/mol. The molecule has 0 radical (unpaired) electrons. The highest BCUT2D eigenvalue weighted by Gasteiger charge is 2.20. The Labute approximate surface area is 126 Å². The third-order valence-corrected chi connectivity index (χ3v) is 5.05. The molecule has 2 rings (SSSR count). The van der Waals surface area contributed by atoms with Crippen LogP contribution >= 0.6 is 23.2 Å². The van der Waals surface area contributed by atoms with Crippen molar-refractivity contribution in [2.45, 2.75) is 10.6 Å². The van der Waals surface area contributed by atoms with E-state index in [0.29, 0.717) is 0 Å². The Morgan fingerprint density at radius 3 is 2.40 bits per heavy atom. The van der Waals surface area contributed by atoms with E-state index in [2.05, 4.69) is 0 Å². The summed E-state index contributed by atoms with van der Waals surface area (Å²) >= 11 is 11.6. The zero-order valence-corrected chi connectivity index (χ0v) is 12.4. The van der Waals surface area contributed by atoms with Crippen molar-refractivity contribution >= 4 is 38.7 Å². The van der Waals surface area contributed by atoms with Crippen LogP contribution in [0.15, 0.2) is 41.3 Å². The van der Waals surface area contributed by atoms with E-state index in [1.165, 1.54) is 30.3 Å². The Balaban J connectivity index is 2.43. The first kappa shape index (κ1) is 15.1. The average molecular weight is 334 g/mol. The fourth-order valence-electron chi connectivity index (χ4n) is 1.64. The highest BCUT2D eigenvalue weighted by Crippen LogP contribution is 2.27. The second-order valence-corrected chi connectivity index (χ2v) is 6.95. The molecule has 3 nitrogen and oxygen atoms in total. The van der Waals surface area contributed by atoms with Gasteiger partial charge in [-0.2, -0.15) is 0 Å². The van der Waals surface area contributed by atoms with E-state index in [9.17, 15) is 12.8 Å². The molecule has 2 aromatic carbocycles. The van der Waals surface area contributed by atoms with Crippen molar-refractivity contribution in [2.75, 3.05) is 5.73 Å². The van der Waals surface area contributed by atoms with Gasteiger partial charge in [0.2, 0.25) is 0 Å². The molecule has 0 saturated heterocycles. The maximum Gasteiger partial charge on any atom is 0.182 e. The first-order valence-electron chi connectivity index (χ1n) is 5.52. The van der Waals surface area contributed by atoms with Gasteiger partial charge in [-0.05, 0) is 30.3 Å². The van der Waals surface area contributed by atoms with E-state index < -0.39 is 21.4 Å². The summed E-state index contributed by atoms with van der Waals surface area (Å²) in [6.07, 6.45) is 0. The lowest BCUT2D eigenvalue weighted by Crippen LogP contribution is -2.07. The summed E-state index contributed by atoms with van der Waals surface area (Å²) in [5.74, 6) is -1.21. The molecule has 20 heavy (non-hydrogen) atoms. The van der Waals surface area contributed by atoms with Gasteiger partial charge in [0, 0.05) is 10.6 Å². The summed E-state index contributed by atoms with van der Waals surface area (Å²) in [4.78, 5) is -0.0315. The van der Waals surface area contributed by atoms with Crippen molar-refractivity contribution in [2.24, 2.45) is 0 Å². The number of hydrogen-bond donors (Lipinski definition) is 1. The third kappa shape index (κ3) is 3.06. The maximum absolute atomic E-state index is 13.6. The Morgan fingerprint density at radius 2 is 1.80 bits per heavy atom. The van der Waals surface area contributed by atoms with Crippen LogP contribution in [0.4, 0.5) is 10.1 Å². The molecule has 0 bridgehead atoms. The van der Waals surface area contributed by atoms with E-state index in [0.717, 1.165) is 6.07 Å². The van der Waals surface area contributed by atoms with Crippen LogP contribution < -0.4 is 5.73 Å². The molecule has 0 aliphatic heterocycles. The van der Waals surface area contributed by atoms with Crippen molar-refractivity contribution < 1.29 is 12.8 Å². The summed E-state index contributed by atoms with van der Waals surface area (Å²) in [6.45, 7) is 0. The van der Waals surface area contributed by atoms with Gasteiger partial charge in [0.25, 0.3) is 0 Å². The van der Waals surface area contributed by atoms with Crippen LogP contribution in [0.2, 0.25) is 10.0 Å². The van der Waals surface area contributed by atoms with Gasteiger partial charge in [0.15, 0.2) is 9.84 Å². The standard InChI is InChI=1S/C13H10Cl2FNO2S/c14-10-2-1-3-12(16)9(10)7-20(18,19)8-4-5-13(17)11(15)6-8/h1-6H,7,17H2. The monoisotopic (exact) mass is 333 g/mol. The molecule has 0 amide bonds. The van der Waals surface area contributed by atoms with Gasteiger partial charge < -0.3 is 5.73 Å². The van der Waals surface area contributed by atoms with Gasteiger partial charge in [0.1, 0.15) is 5.82 Å². The summed E-state index contributed by atoms with van der Waals surface area (Å²) < 4.78 is 38.1. The molecule has 0 aliphatic carbocycles. The smallest absolute Gasteiger partial charge is 0.182 e. The van der Waals surface area contributed by atoms with E-state index in [-0.39, 0.29) is 26.2 Å². The summed E-state index contributed by atoms with van der Waals surface area (Å²) in [5.41, 5.74) is 5.73. The maximum atomic E-state index is 13.6. The minimum Gasteiger partial charge on any atom is -0.398 e. The van der Waals surface area contributed by atoms with Gasteiger partial charge in [-0.25, -0.2) is 12.8 Å². The second-order valence-electron chi connectivity index (χ2n) is 4.14. The van der Waals surface area contributed by atoms with E-state index in [1.54, 1.807) is 0 Å². The highest BCUT2D eigenvalue weighted by atomic mass is 35.5. The predicted octanol–water partition coefficient (Wildman–Crippen LogP) is 3.69. The first-order valence-corrected chi connectivity index (χ1v) is 7.93. The Kier molecular flexibility index (Phi) is 4.22. The summed E-state index contributed by atoms with van der Waals surface area (Å²) in [6, 6.07) is 7.95. The number of hydrogen-bond acceptors (Lipinski definition) is 3. The third-order valence-electron chi connectivity index (χ3n) is 2.73. The Hall–Kier alpha value is -1.30. The van der Waals surface area contributed by atoms with Crippen molar-refractivity contribution in [3.8, 4) is 0 Å². The molecule has 2 aromatic rings. The van der Waals surface area contributed by atoms with Crippen LogP contribution in [0.3, 0.4) is 0 Å². The van der Waals surface area contributed by atoms with Gasteiger partial charge in [-0.3, -0.25) is 0 Å². The molecule has 0 atom stereocenters. The molecule has 0 spiro atoms. The van der Waals surface area contributed by atoms with E-state index in [1.807, 2.05) is 0 Å². The highest BCUT2D eigenvalue weighted by molar-refractivity contribution is 7.90. The number of benzene rings is 2. The summed E-state index contributed by atoms with van der Waals surface area (Å²) in [5, 5.41) is 0.195. The second kappa shape index (κ2) is 5.60. The molecule has 0 aromatic heterocycles. The van der Waals surface area contributed by atoms with Gasteiger partial charge in [-0.1, -0.05) is 29.3 Å². The molecule has 2 N–H and O–H groups in total. The molecule has 0 heterocycles. The Bertz CT molecular complexity index is 743. The van der Waals surface area contributed by atoms with E-state index in [4.69, 9.17) is 28.9 Å². The van der Waals surface area contributed by atoms with Crippen molar-refractivity contribution in [3.05, 3.63) is 57.8 Å². The Morgan fingerprint density at radius 1 is 1.10 bits per heavy atom. The van der Waals surface area contributed by atoms with Gasteiger partial charge >= 0.3 is 0 Å². The average Bonchev–Trinajstić information content (AvgIpc) is 2.37. The minimum absolute atomic E-state index is 0.0315. The number of rotatable bonds is 3. The normalized spacial score (nSPS) is 11.6. The lowest BCUT2D eigenvalue weighted by Gasteiger charge is -2.08. The zero-order chi connectivity index (χ0) is 14.9. The van der Waals surface area contributed by atoms with Crippen LogP contribution in [0, 0.1) is 5.82 Å². The van der Waals surface area contributed by atoms with Crippen molar-refractivity contribution in [3.63, 3.8) is 0 Å². The molecule has 0 fully saturated rings. The zero-order valence-electron chi connectivity index (χ0n) is 10.1. The number of nitrogen functional groups attached to an aromatic ring is 1. The summed E-state index contributed by atoms with van der Waals surface area (Å²) in [7, 11) is -3.76. The minimum atomic E-state index is -3.76. The molecule has 0 saturated carbocycles. The topological polar surface area (TPSA) is 60.2 Å². The van der Waals surface area contributed by atoms with Gasteiger partial charge in [0.05, 0.1) is 21.4 Å². The molecular formula is C13H10Cl2FNO2S. The van der Waals surface area contributed by atoms with Crippen LogP contribution in [0.5, 0.6) is 0 Å². The fourth-order valence-corrected chi connectivity index (χ4v) is 3.61. The number of halogens is 3. The molecule has 0 aliphatic rings. The first-order chi connectivity index (χ1) is 9.31. The number of sulfone groups is 1. The van der Waals surface area contributed by atoms with E-state index >= 15 is 0 Å². The molecular weight excluding hydrogens is 324 g/mol. The van der Waals surface area contributed by atoms with Gasteiger partial charge in [-0.15, -0.1) is 0 Å². The van der Waals surface area contributed by atoms with Crippen molar-refractivity contribution in [1.82, 2.24) is 0 Å². The van der Waals surface area contributed by atoms with Crippen LogP contribution in [0.25, 0.3) is 0 Å². The van der Waals surface area contributed by atoms with Crippen LogP contribution in [-0.4, -0.2) is 8.42 Å². The fraction of sp³-hybridized carbons (Fsp3) is 0.0769. The lowest BCUT2D eigenvalue weighted by molar-refractivity contribution is 0.587. The number of anilines is 1. The SMILES string of the molecule is Nc1ccc(S(=O)(=O)Cc2c(F)cccc2Cl)cc1Cl. The molecule has 106 valence electrons. The van der Waals surface area contributed by atoms with Crippen molar-refractivity contribution in [1.29, 1.82) is 0 Å².